The molecular weight excluding hydrogens is 288 g/mol. The highest BCUT2D eigenvalue weighted by molar-refractivity contribution is 6.13. The molecule has 0 aromatic heterocycles. The van der Waals surface area contributed by atoms with Gasteiger partial charge < -0.3 is 16.5 Å². The van der Waals surface area contributed by atoms with Crippen molar-refractivity contribution in [3.05, 3.63) is 64.7 Å². The molecule has 1 atom stereocenters. The van der Waals surface area contributed by atoms with Crippen molar-refractivity contribution in [2.24, 2.45) is 5.73 Å². The Kier molecular flexibility index (Phi) is 3.36. The zero-order valence-corrected chi connectivity index (χ0v) is 11.5. The van der Waals surface area contributed by atoms with Gasteiger partial charge in [0.1, 0.15) is 11.6 Å². The first-order valence-corrected chi connectivity index (χ1v) is 6.69. The van der Waals surface area contributed by atoms with Gasteiger partial charge in [0.15, 0.2) is 0 Å². The molecule has 1 aliphatic heterocycles. The number of rotatable bonds is 2. The van der Waals surface area contributed by atoms with E-state index in [9.17, 15) is 13.6 Å². The summed E-state index contributed by atoms with van der Waals surface area (Å²) in [5.74, 6) is -1.73. The predicted molar refractivity (Wildman–Crippen MR) is 79.1 cm³/mol. The highest BCUT2D eigenvalue weighted by Gasteiger charge is 2.27. The third-order valence-electron chi connectivity index (χ3n) is 3.68. The number of amides is 1. The monoisotopic (exact) mass is 301 g/mol. The number of nitrogens with one attached hydrogen (secondary N) is 2. The molecule has 2 aromatic carbocycles. The Hall–Kier alpha value is -2.76. The van der Waals surface area contributed by atoms with Crippen molar-refractivity contribution in [1.82, 2.24) is 0 Å². The molecule has 1 heterocycles. The van der Waals surface area contributed by atoms with Crippen molar-refractivity contribution < 1.29 is 13.6 Å². The fourth-order valence-corrected chi connectivity index (χ4v) is 2.68. The maximum absolute atomic E-state index is 13.7. The number of primary amides is 1. The van der Waals surface area contributed by atoms with E-state index >= 15 is 0 Å². The van der Waals surface area contributed by atoms with Crippen molar-refractivity contribution in [2.75, 3.05) is 5.32 Å². The van der Waals surface area contributed by atoms with Gasteiger partial charge in [-0.1, -0.05) is 12.1 Å². The molecule has 0 bridgehead atoms. The number of halogens is 2. The lowest BCUT2D eigenvalue weighted by molar-refractivity contribution is 0.0999. The summed E-state index contributed by atoms with van der Waals surface area (Å²) < 4.78 is 26.7. The maximum Gasteiger partial charge on any atom is 0.249 e. The summed E-state index contributed by atoms with van der Waals surface area (Å²) in [5, 5.41) is 11.2. The quantitative estimate of drug-likeness (QED) is 0.797. The fraction of sp³-hybridized carbons (Fsp3) is 0.125. The molecule has 4 N–H and O–H groups in total. The average molecular weight is 301 g/mol. The summed E-state index contributed by atoms with van der Waals surface area (Å²) in [6.07, 6.45) is 0.296. The molecule has 112 valence electrons. The van der Waals surface area contributed by atoms with E-state index in [1.54, 1.807) is 12.1 Å². The van der Waals surface area contributed by atoms with Gasteiger partial charge in [-0.05, 0) is 29.8 Å². The standard InChI is InChI=1S/C16H13F2N3O/c17-9-3-1-8(2-4-9)13-7-12(19)15-11(16(20)22)5-10(18)6-14(15)21-13/h1-6,13,19,21H,7H2,(H2,20,22). The Morgan fingerprint density at radius 2 is 1.86 bits per heavy atom. The number of fused-ring (bicyclic) bond motifs is 1. The molecule has 1 aliphatic rings. The van der Waals surface area contributed by atoms with Crippen molar-refractivity contribution >= 4 is 17.3 Å². The molecular formula is C16H13F2N3O. The van der Waals surface area contributed by atoms with Crippen LogP contribution in [0.1, 0.15) is 33.9 Å². The maximum atomic E-state index is 13.7. The number of carbonyl (C=O) groups is 1. The molecule has 1 amide bonds. The normalized spacial score (nSPS) is 16.8. The van der Waals surface area contributed by atoms with Crippen LogP contribution in [0.5, 0.6) is 0 Å². The average Bonchev–Trinajstić information content (AvgIpc) is 2.46. The predicted octanol–water partition coefficient (Wildman–Crippen LogP) is 2.99. The van der Waals surface area contributed by atoms with Crippen LogP contribution >= 0.6 is 0 Å². The topological polar surface area (TPSA) is 79.0 Å². The summed E-state index contributed by atoms with van der Waals surface area (Å²) in [6.45, 7) is 0. The van der Waals surface area contributed by atoms with Gasteiger partial charge in [0.25, 0.3) is 0 Å². The Bertz CT molecular complexity index is 772. The first kappa shape index (κ1) is 14.2. The van der Waals surface area contributed by atoms with E-state index in [0.29, 0.717) is 17.7 Å². The lowest BCUT2D eigenvalue weighted by Gasteiger charge is -2.29. The number of hydrogen-bond acceptors (Lipinski definition) is 3. The van der Waals surface area contributed by atoms with E-state index in [2.05, 4.69) is 5.32 Å². The number of anilines is 1. The van der Waals surface area contributed by atoms with E-state index in [1.165, 1.54) is 18.2 Å². The van der Waals surface area contributed by atoms with Gasteiger partial charge in [0.2, 0.25) is 5.91 Å². The molecule has 0 saturated heterocycles. The lowest BCUT2D eigenvalue weighted by atomic mass is 9.89. The Labute approximate surface area is 125 Å². The van der Waals surface area contributed by atoms with Crippen LogP contribution in [-0.2, 0) is 0 Å². The van der Waals surface area contributed by atoms with Crippen LogP contribution in [0.25, 0.3) is 0 Å². The van der Waals surface area contributed by atoms with Gasteiger partial charge in [-0.25, -0.2) is 8.78 Å². The highest BCUT2D eigenvalue weighted by atomic mass is 19.1. The van der Waals surface area contributed by atoms with E-state index in [1.807, 2.05) is 0 Å². The second-order valence-corrected chi connectivity index (χ2v) is 5.17. The van der Waals surface area contributed by atoms with Crippen LogP contribution in [0, 0.1) is 17.0 Å². The zero-order valence-electron chi connectivity index (χ0n) is 11.5. The third kappa shape index (κ3) is 2.43. The second kappa shape index (κ2) is 5.22. The minimum Gasteiger partial charge on any atom is -0.377 e. The first-order valence-electron chi connectivity index (χ1n) is 6.69. The summed E-state index contributed by atoms with van der Waals surface area (Å²) in [5.41, 5.74) is 6.89. The molecule has 22 heavy (non-hydrogen) atoms. The Balaban J connectivity index is 2.04. The largest absolute Gasteiger partial charge is 0.377 e. The van der Waals surface area contributed by atoms with Crippen LogP contribution in [0.4, 0.5) is 14.5 Å². The van der Waals surface area contributed by atoms with Gasteiger partial charge in [-0.15, -0.1) is 0 Å². The minimum atomic E-state index is -0.775. The number of carbonyl (C=O) groups excluding carboxylic acids is 1. The first-order chi connectivity index (χ1) is 10.5. The molecule has 1 unspecified atom stereocenters. The van der Waals surface area contributed by atoms with Gasteiger partial charge in [0, 0.05) is 23.4 Å². The van der Waals surface area contributed by atoms with Crippen LogP contribution in [0.15, 0.2) is 36.4 Å². The highest BCUT2D eigenvalue weighted by Crippen LogP contribution is 2.35. The van der Waals surface area contributed by atoms with E-state index in [4.69, 9.17) is 11.1 Å². The molecule has 0 spiro atoms. The van der Waals surface area contributed by atoms with E-state index in [-0.39, 0.29) is 23.1 Å². The SMILES string of the molecule is N=C1CC(c2ccc(F)cc2)Nc2cc(F)cc(C(N)=O)c21. The number of hydrogen-bond donors (Lipinski definition) is 3. The summed E-state index contributed by atoms with van der Waals surface area (Å²) in [4.78, 5) is 11.4. The van der Waals surface area contributed by atoms with Crippen molar-refractivity contribution in [3.8, 4) is 0 Å². The summed E-state index contributed by atoms with van der Waals surface area (Å²) in [6, 6.07) is 7.86. The second-order valence-electron chi connectivity index (χ2n) is 5.17. The van der Waals surface area contributed by atoms with E-state index < -0.39 is 11.7 Å². The molecule has 3 rings (SSSR count). The van der Waals surface area contributed by atoms with E-state index in [0.717, 1.165) is 11.6 Å². The Morgan fingerprint density at radius 1 is 1.18 bits per heavy atom. The van der Waals surface area contributed by atoms with Crippen molar-refractivity contribution in [1.29, 1.82) is 5.41 Å². The molecule has 0 aliphatic carbocycles. The summed E-state index contributed by atoms with van der Waals surface area (Å²) >= 11 is 0. The summed E-state index contributed by atoms with van der Waals surface area (Å²) in [7, 11) is 0. The van der Waals surface area contributed by atoms with Gasteiger partial charge in [-0.2, -0.15) is 0 Å². The van der Waals surface area contributed by atoms with Crippen LogP contribution in [0.3, 0.4) is 0 Å². The smallest absolute Gasteiger partial charge is 0.249 e. The van der Waals surface area contributed by atoms with Gasteiger partial charge in [-0.3, -0.25) is 4.79 Å². The molecule has 2 aromatic rings. The number of benzene rings is 2. The molecule has 0 fully saturated rings. The van der Waals surface area contributed by atoms with Crippen LogP contribution in [-0.4, -0.2) is 11.6 Å². The lowest BCUT2D eigenvalue weighted by Crippen LogP contribution is -2.27. The van der Waals surface area contributed by atoms with Crippen LogP contribution < -0.4 is 11.1 Å². The van der Waals surface area contributed by atoms with Crippen LogP contribution in [0.2, 0.25) is 0 Å². The number of nitrogens with two attached hydrogens (primary N) is 1. The molecule has 6 heteroatoms. The Morgan fingerprint density at radius 3 is 2.50 bits per heavy atom. The van der Waals surface area contributed by atoms with Gasteiger partial charge >= 0.3 is 0 Å². The van der Waals surface area contributed by atoms with Crippen molar-refractivity contribution in [2.45, 2.75) is 12.5 Å². The van der Waals surface area contributed by atoms with Gasteiger partial charge in [0.05, 0.1) is 11.6 Å². The fourth-order valence-electron chi connectivity index (χ4n) is 2.68. The minimum absolute atomic E-state index is 0.00921. The third-order valence-corrected chi connectivity index (χ3v) is 3.68. The zero-order chi connectivity index (χ0) is 15.9. The van der Waals surface area contributed by atoms with Crippen molar-refractivity contribution in [3.63, 3.8) is 0 Å². The molecule has 0 radical (unpaired) electrons. The molecule has 4 nitrogen and oxygen atoms in total. The molecule has 0 saturated carbocycles.